The van der Waals surface area contributed by atoms with E-state index in [1.165, 1.54) is 0 Å². The molecule has 1 fully saturated rings. The Bertz CT molecular complexity index is 497. The fourth-order valence-electron chi connectivity index (χ4n) is 2.08. The number of likely N-dealkylation sites (N-methyl/N-ethyl adjacent to an activating group) is 1. The molecule has 2 amide bonds. The maximum atomic E-state index is 11.6. The summed E-state index contributed by atoms with van der Waals surface area (Å²) in [5.74, 6) is 5.61. The minimum Gasteiger partial charge on any atom is -0.454 e. The Morgan fingerprint density at radius 3 is 2.89 bits per heavy atom. The van der Waals surface area contributed by atoms with Crippen LogP contribution in [0.2, 0.25) is 0 Å². The molecule has 2 rings (SSSR count). The number of nitrogens with one attached hydrogen (secondary N) is 1. The van der Waals surface area contributed by atoms with E-state index in [1.807, 2.05) is 10.3 Å². The lowest BCUT2D eigenvalue weighted by Gasteiger charge is -2.31. The number of piperazine rings is 1. The molecule has 2 heterocycles. The molecule has 1 saturated heterocycles. The molecule has 0 unspecified atom stereocenters. The second kappa shape index (κ2) is 5.41. The SMILES string of the molecule is Cc1cc(CN2CCN(C)C(=O)C2)oc1C(=O)NN. The van der Waals surface area contributed by atoms with Crippen LogP contribution < -0.4 is 11.3 Å². The molecule has 19 heavy (non-hydrogen) atoms. The Labute approximate surface area is 111 Å². The highest BCUT2D eigenvalue weighted by atomic mass is 16.4. The van der Waals surface area contributed by atoms with Crippen molar-refractivity contribution in [3.63, 3.8) is 0 Å². The summed E-state index contributed by atoms with van der Waals surface area (Å²) in [6, 6.07) is 1.80. The normalized spacial score (nSPS) is 16.8. The Morgan fingerprint density at radius 2 is 2.26 bits per heavy atom. The van der Waals surface area contributed by atoms with Gasteiger partial charge in [0.05, 0.1) is 13.1 Å². The Hall–Kier alpha value is -1.86. The standard InChI is InChI=1S/C12H18N4O3/c1-8-5-9(19-11(8)12(18)14-13)6-16-4-3-15(2)10(17)7-16/h5H,3-4,6-7,13H2,1-2H3,(H,14,18). The van der Waals surface area contributed by atoms with Gasteiger partial charge < -0.3 is 9.32 Å². The lowest BCUT2D eigenvalue weighted by atomic mass is 10.2. The molecule has 1 aliphatic heterocycles. The highest BCUT2D eigenvalue weighted by Crippen LogP contribution is 2.17. The van der Waals surface area contributed by atoms with E-state index in [9.17, 15) is 9.59 Å². The van der Waals surface area contributed by atoms with Crippen LogP contribution in [0.25, 0.3) is 0 Å². The zero-order valence-corrected chi connectivity index (χ0v) is 11.1. The third-order valence-electron chi connectivity index (χ3n) is 3.22. The maximum Gasteiger partial charge on any atom is 0.301 e. The first-order valence-electron chi connectivity index (χ1n) is 6.08. The van der Waals surface area contributed by atoms with E-state index in [2.05, 4.69) is 0 Å². The van der Waals surface area contributed by atoms with E-state index in [4.69, 9.17) is 10.3 Å². The largest absolute Gasteiger partial charge is 0.454 e. The Kier molecular flexibility index (Phi) is 3.87. The van der Waals surface area contributed by atoms with E-state index in [-0.39, 0.29) is 11.7 Å². The van der Waals surface area contributed by atoms with Crippen LogP contribution in [0.3, 0.4) is 0 Å². The summed E-state index contributed by atoms with van der Waals surface area (Å²) >= 11 is 0. The summed E-state index contributed by atoms with van der Waals surface area (Å²) in [6.07, 6.45) is 0. The number of aryl methyl sites for hydroxylation is 1. The molecule has 104 valence electrons. The van der Waals surface area contributed by atoms with Gasteiger partial charge in [-0.2, -0.15) is 0 Å². The summed E-state index contributed by atoms with van der Waals surface area (Å²) < 4.78 is 5.47. The average Bonchev–Trinajstić information content (AvgIpc) is 2.74. The van der Waals surface area contributed by atoms with Gasteiger partial charge in [0.25, 0.3) is 0 Å². The monoisotopic (exact) mass is 266 g/mol. The lowest BCUT2D eigenvalue weighted by Crippen LogP contribution is -2.47. The van der Waals surface area contributed by atoms with Crippen LogP contribution in [0.5, 0.6) is 0 Å². The fraction of sp³-hybridized carbons (Fsp3) is 0.500. The van der Waals surface area contributed by atoms with Gasteiger partial charge in [-0.05, 0) is 13.0 Å². The van der Waals surface area contributed by atoms with Crippen molar-refractivity contribution in [3.05, 3.63) is 23.2 Å². The van der Waals surface area contributed by atoms with Crippen molar-refractivity contribution in [2.24, 2.45) is 5.84 Å². The molecule has 0 aliphatic carbocycles. The molecule has 0 bridgehead atoms. The number of nitrogen functional groups attached to an aromatic ring is 1. The number of carbonyl (C=O) groups is 2. The lowest BCUT2D eigenvalue weighted by molar-refractivity contribution is -0.134. The first-order valence-corrected chi connectivity index (χ1v) is 6.08. The number of furan rings is 1. The van der Waals surface area contributed by atoms with Crippen molar-refractivity contribution in [2.75, 3.05) is 26.7 Å². The van der Waals surface area contributed by atoms with Gasteiger partial charge in [0.15, 0.2) is 5.76 Å². The van der Waals surface area contributed by atoms with E-state index < -0.39 is 5.91 Å². The predicted molar refractivity (Wildman–Crippen MR) is 68.0 cm³/mol. The van der Waals surface area contributed by atoms with Crippen LogP contribution in [0.4, 0.5) is 0 Å². The number of nitrogens with zero attached hydrogens (tertiary/aromatic N) is 2. The minimum absolute atomic E-state index is 0.0921. The molecule has 0 radical (unpaired) electrons. The number of nitrogens with two attached hydrogens (primary N) is 1. The van der Waals surface area contributed by atoms with Crippen LogP contribution in [0, 0.1) is 6.92 Å². The molecule has 0 spiro atoms. The summed E-state index contributed by atoms with van der Waals surface area (Å²) in [4.78, 5) is 26.7. The molecule has 1 aliphatic rings. The van der Waals surface area contributed by atoms with Crippen molar-refractivity contribution in [1.82, 2.24) is 15.2 Å². The third-order valence-corrected chi connectivity index (χ3v) is 3.22. The molecular formula is C12H18N4O3. The quantitative estimate of drug-likeness (QED) is 0.436. The zero-order chi connectivity index (χ0) is 14.0. The van der Waals surface area contributed by atoms with Gasteiger partial charge in [-0.15, -0.1) is 0 Å². The van der Waals surface area contributed by atoms with E-state index in [1.54, 1.807) is 24.9 Å². The van der Waals surface area contributed by atoms with E-state index in [0.717, 1.165) is 12.1 Å². The van der Waals surface area contributed by atoms with Crippen LogP contribution >= 0.6 is 0 Å². The first kappa shape index (κ1) is 13.6. The molecule has 3 N–H and O–H groups in total. The second-order valence-corrected chi connectivity index (χ2v) is 4.72. The highest BCUT2D eigenvalue weighted by molar-refractivity contribution is 5.92. The number of amides is 2. The summed E-state index contributed by atoms with van der Waals surface area (Å²) in [7, 11) is 1.79. The van der Waals surface area contributed by atoms with Gasteiger partial charge in [0.1, 0.15) is 5.76 Å². The number of hydrazine groups is 1. The van der Waals surface area contributed by atoms with Gasteiger partial charge in [0, 0.05) is 25.7 Å². The smallest absolute Gasteiger partial charge is 0.301 e. The summed E-state index contributed by atoms with van der Waals surface area (Å²) in [5.41, 5.74) is 2.78. The highest BCUT2D eigenvalue weighted by Gasteiger charge is 2.23. The third kappa shape index (κ3) is 2.94. The van der Waals surface area contributed by atoms with Crippen molar-refractivity contribution in [1.29, 1.82) is 0 Å². The Balaban J connectivity index is 2.04. The maximum absolute atomic E-state index is 11.6. The van der Waals surface area contributed by atoms with Gasteiger partial charge in [0.2, 0.25) is 5.91 Å². The van der Waals surface area contributed by atoms with E-state index in [0.29, 0.717) is 25.4 Å². The number of carbonyl (C=O) groups excluding carboxylic acids is 2. The topological polar surface area (TPSA) is 91.8 Å². The molecule has 0 atom stereocenters. The van der Waals surface area contributed by atoms with E-state index >= 15 is 0 Å². The summed E-state index contributed by atoms with van der Waals surface area (Å²) in [6.45, 7) is 4.16. The molecule has 0 aromatic carbocycles. The van der Waals surface area contributed by atoms with Crippen LogP contribution in [0.15, 0.2) is 10.5 Å². The minimum atomic E-state index is -0.446. The van der Waals surface area contributed by atoms with Crippen LogP contribution in [-0.2, 0) is 11.3 Å². The molecule has 1 aromatic rings. The molecule has 0 saturated carbocycles. The van der Waals surface area contributed by atoms with Crippen LogP contribution in [0.1, 0.15) is 21.9 Å². The zero-order valence-electron chi connectivity index (χ0n) is 11.1. The van der Waals surface area contributed by atoms with Crippen molar-refractivity contribution in [3.8, 4) is 0 Å². The van der Waals surface area contributed by atoms with Gasteiger partial charge in [-0.3, -0.25) is 19.9 Å². The number of rotatable bonds is 3. The molecule has 1 aromatic heterocycles. The summed E-state index contributed by atoms with van der Waals surface area (Å²) in [5, 5.41) is 0. The second-order valence-electron chi connectivity index (χ2n) is 4.72. The molecular weight excluding hydrogens is 248 g/mol. The van der Waals surface area contributed by atoms with Gasteiger partial charge >= 0.3 is 5.91 Å². The predicted octanol–water partition coefficient (Wildman–Crippen LogP) is -0.534. The molecule has 7 heteroatoms. The molecule has 7 nitrogen and oxygen atoms in total. The Morgan fingerprint density at radius 1 is 1.53 bits per heavy atom. The van der Waals surface area contributed by atoms with Crippen molar-refractivity contribution in [2.45, 2.75) is 13.5 Å². The van der Waals surface area contributed by atoms with Crippen molar-refractivity contribution >= 4 is 11.8 Å². The first-order chi connectivity index (χ1) is 9.01. The van der Waals surface area contributed by atoms with Crippen LogP contribution in [-0.4, -0.2) is 48.3 Å². The number of hydrogen-bond acceptors (Lipinski definition) is 5. The van der Waals surface area contributed by atoms with Crippen molar-refractivity contribution < 1.29 is 14.0 Å². The number of hydrogen-bond donors (Lipinski definition) is 2. The average molecular weight is 266 g/mol. The fourth-order valence-corrected chi connectivity index (χ4v) is 2.08. The van der Waals surface area contributed by atoms with Gasteiger partial charge in [-0.1, -0.05) is 0 Å². The van der Waals surface area contributed by atoms with Gasteiger partial charge in [-0.25, -0.2) is 5.84 Å².